The van der Waals surface area contributed by atoms with Crippen molar-refractivity contribution in [3.63, 3.8) is 0 Å². The SMILES string of the molecule is C=CCCC(=O)N1CC[C@@H](NC(=O)Nc2ccc3[nH]ccc3c2)C1. The molecule has 0 radical (unpaired) electrons. The molecule has 6 heteroatoms. The monoisotopic (exact) mass is 326 g/mol. The van der Waals surface area contributed by atoms with Gasteiger partial charge in [-0.1, -0.05) is 6.08 Å². The fourth-order valence-corrected chi connectivity index (χ4v) is 2.97. The van der Waals surface area contributed by atoms with Crippen molar-refractivity contribution in [3.8, 4) is 0 Å². The Bertz CT molecular complexity index is 752. The van der Waals surface area contributed by atoms with Crippen LogP contribution >= 0.6 is 0 Å². The summed E-state index contributed by atoms with van der Waals surface area (Å²) in [5.41, 5.74) is 1.78. The Morgan fingerprint density at radius 3 is 3.08 bits per heavy atom. The van der Waals surface area contributed by atoms with E-state index in [1.54, 1.807) is 11.0 Å². The largest absolute Gasteiger partial charge is 0.361 e. The van der Waals surface area contributed by atoms with Gasteiger partial charge in [0.2, 0.25) is 5.91 Å². The van der Waals surface area contributed by atoms with Gasteiger partial charge in [-0.2, -0.15) is 0 Å². The highest BCUT2D eigenvalue weighted by Crippen LogP contribution is 2.18. The molecule has 1 aromatic heterocycles. The molecule has 3 N–H and O–H groups in total. The third-order valence-corrected chi connectivity index (χ3v) is 4.25. The van der Waals surface area contributed by atoms with Crippen molar-refractivity contribution in [1.29, 1.82) is 0 Å². The molecule has 0 unspecified atom stereocenters. The minimum absolute atomic E-state index is 0.00586. The number of aromatic nitrogens is 1. The topological polar surface area (TPSA) is 77.2 Å². The second-order valence-corrected chi connectivity index (χ2v) is 6.03. The van der Waals surface area contributed by atoms with Crippen LogP contribution in [-0.2, 0) is 4.79 Å². The smallest absolute Gasteiger partial charge is 0.319 e. The predicted octanol–water partition coefficient (Wildman–Crippen LogP) is 2.86. The number of aromatic amines is 1. The second kappa shape index (κ2) is 7.21. The summed E-state index contributed by atoms with van der Waals surface area (Å²) in [6.07, 6.45) is 5.57. The Kier molecular flexibility index (Phi) is 4.84. The number of hydrogen-bond acceptors (Lipinski definition) is 2. The Hall–Kier alpha value is -2.76. The van der Waals surface area contributed by atoms with Crippen molar-refractivity contribution in [3.05, 3.63) is 43.1 Å². The van der Waals surface area contributed by atoms with Gasteiger partial charge in [0.1, 0.15) is 0 Å². The number of hydrogen-bond donors (Lipinski definition) is 3. The van der Waals surface area contributed by atoms with E-state index in [0.717, 1.165) is 23.0 Å². The summed E-state index contributed by atoms with van der Waals surface area (Å²) in [4.78, 5) is 29.0. The second-order valence-electron chi connectivity index (χ2n) is 6.03. The maximum atomic E-state index is 12.1. The van der Waals surface area contributed by atoms with Crippen LogP contribution in [0.1, 0.15) is 19.3 Å². The van der Waals surface area contributed by atoms with Gasteiger partial charge >= 0.3 is 6.03 Å². The Morgan fingerprint density at radius 1 is 1.38 bits per heavy atom. The average molecular weight is 326 g/mol. The highest BCUT2D eigenvalue weighted by atomic mass is 16.2. The molecule has 1 aromatic carbocycles. The number of likely N-dealkylation sites (tertiary alicyclic amines) is 1. The van der Waals surface area contributed by atoms with Crippen molar-refractivity contribution in [2.45, 2.75) is 25.3 Å². The number of rotatable bonds is 5. The number of urea groups is 1. The average Bonchev–Trinajstić information content (AvgIpc) is 3.21. The first kappa shape index (κ1) is 16.1. The molecular formula is C18H22N4O2. The predicted molar refractivity (Wildman–Crippen MR) is 94.9 cm³/mol. The normalized spacial score (nSPS) is 17.0. The molecule has 2 aromatic rings. The highest BCUT2D eigenvalue weighted by molar-refractivity contribution is 5.93. The van der Waals surface area contributed by atoms with Crippen LogP contribution in [0.5, 0.6) is 0 Å². The fourth-order valence-electron chi connectivity index (χ4n) is 2.97. The van der Waals surface area contributed by atoms with Crippen LogP contribution in [0.15, 0.2) is 43.1 Å². The summed E-state index contributed by atoms with van der Waals surface area (Å²) >= 11 is 0. The van der Waals surface area contributed by atoms with Gasteiger partial charge in [0.25, 0.3) is 0 Å². The number of carbonyl (C=O) groups is 2. The highest BCUT2D eigenvalue weighted by Gasteiger charge is 2.26. The lowest BCUT2D eigenvalue weighted by Crippen LogP contribution is -2.40. The van der Waals surface area contributed by atoms with E-state index in [1.165, 1.54) is 0 Å². The number of H-pyrrole nitrogens is 1. The standard InChI is InChI=1S/C18H22N4O2/c1-2-3-4-17(23)22-10-8-15(12-22)21-18(24)20-14-5-6-16-13(11-14)7-9-19-16/h2,5-7,9,11,15,19H,1,3-4,8,10,12H2,(H2,20,21,24)/t15-/m1/s1. The number of amides is 3. The zero-order chi connectivity index (χ0) is 16.9. The molecule has 3 amide bonds. The van der Waals surface area contributed by atoms with Gasteiger partial charge < -0.3 is 20.5 Å². The van der Waals surface area contributed by atoms with E-state index < -0.39 is 0 Å². The molecular weight excluding hydrogens is 304 g/mol. The van der Waals surface area contributed by atoms with E-state index >= 15 is 0 Å². The molecule has 1 aliphatic heterocycles. The first-order chi connectivity index (χ1) is 11.7. The molecule has 126 valence electrons. The summed E-state index contributed by atoms with van der Waals surface area (Å²) in [5.74, 6) is 0.123. The minimum atomic E-state index is -0.240. The molecule has 0 spiro atoms. The van der Waals surface area contributed by atoms with Gasteiger partial charge in [-0.05, 0) is 37.1 Å². The molecule has 1 fully saturated rings. The summed E-state index contributed by atoms with van der Waals surface area (Å²) in [6, 6.07) is 7.43. The van der Waals surface area contributed by atoms with Crippen molar-refractivity contribution >= 4 is 28.5 Å². The minimum Gasteiger partial charge on any atom is -0.361 e. The van der Waals surface area contributed by atoms with Gasteiger partial charge in [-0.3, -0.25) is 4.79 Å². The molecule has 24 heavy (non-hydrogen) atoms. The van der Waals surface area contributed by atoms with Crippen LogP contribution in [-0.4, -0.2) is 41.0 Å². The van der Waals surface area contributed by atoms with E-state index in [1.807, 2.05) is 30.5 Å². The lowest BCUT2D eigenvalue weighted by atomic mass is 10.2. The molecule has 1 saturated heterocycles. The quantitative estimate of drug-likeness (QED) is 0.739. The van der Waals surface area contributed by atoms with E-state index in [0.29, 0.717) is 25.9 Å². The summed E-state index contributed by atoms with van der Waals surface area (Å²) in [7, 11) is 0. The molecule has 1 aliphatic rings. The van der Waals surface area contributed by atoms with Crippen LogP contribution in [0.4, 0.5) is 10.5 Å². The number of nitrogens with one attached hydrogen (secondary N) is 3. The fraction of sp³-hybridized carbons (Fsp3) is 0.333. The molecule has 1 atom stereocenters. The van der Waals surface area contributed by atoms with Crippen molar-refractivity contribution in [1.82, 2.24) is 15.2 Å². The summed E-state index contributed by atoms with van der Waals surface area (Å²) in [6.45, 7) is 4.89. The van der Waals surface area contributed by atoms with E-state index in [4.69, 9.17) is 0 Å². The van der Waals surface area contributed by atoms with Crippen molar-refractivity contribution in [2.24, 2.45) is 0 Å². The van der Waals surface area contributed by atoms with Crippen molar-refractivity contribution in [2.75, 3.05) is 18.4 Å². The molecule has 0 bridgehead atoms. The van der Waals surface area contributed by atoms with Gasteiger partial charge in [-0.25, -0.2) is 4.79 Å². The first-order valence-electron chi connectivity index (χ1n) is 8.19. The lowest BCUT2D eigenvalue weighted by Gasteiger charge is -2.17. The van der Waals surface area contributed by atoms with Crippen LogP contribution in [0.3, 0.4) is 0 Å². The summed E-state index contributed by atoms with van der Waals surface area (Å²) < 4.78 is 0. The van der Waals surface area contributed by atoms with E-state index in [-0.39, 0.29) is 18.0 Å². The third kappa shape index (κ3) is 3.76. The third-order valence-electron chi connectivity index (χ3n) is 4.25. The zero-order valence-electron chi connectivity index (χ0n) is 13.5. The van der Waals surface area contributed by atoms with Gasteiger partial charge in [0, 0.05) is 48.3 Å². The number of carbonyl (C=O) groups excluding carboxylic acids is 2. The maximum absolute atomic E-state index is 12.1. The Morgan fingerprint density at radius 2 is 2.25 bits per heavy atom. The summed E-state index contributed by atoms with van der Waals surface area (Å²) in [5, 5.41) is 6.84. The van der Waals surface area contributed by atoms with Crippen LogP contribution in [0, 0.1) is 0 Å². The van der Waals surface area contributed by atoms with Crippen molar-refractivity contribution < 1.29 is 9.59 Å². The number of allylic oxidation sites excluding steroid dienone is 1. The number of anilines is 1. The molecule has 0 saturated carbocycles. The van der Waals surface area contributed by atoms with E-state index in [2.05, 4.69) is 22.2 Å². The van der Waals surface area contributed by atoms with Gasteiger partial charge in [-0.15, -0.1) is 6.58 Å². The number of nitrogens with zero attached hydrogens (tertiary/aromatic N) is 1. The Labute approximate surface area is 140 Å². The van der Waals surface area contributed by atoms with E-state index in [9.17, 15) is 9.59 Å². The van der Waals surface area contributed by atoms with Crippen LogP contribution in [0.2, 0.25) is 0 Å². The number of benzene rings is 1. The number of fused-ring (bicyclic) bond motifs is 1. The lowest BCUT2D eigenvalue weighted by molar-refractivity contribution is -0.130. The maximum Gasteiger partial charge on any atom is 0.319 e. The van der Waals surface area contributed by atoms with Gasteiger partial charge in [0.05, 0.1) is 0 Å². The zero-order valence-corrected chi connectivity index (χ0v) is 13.5. The Balaban J connectivity index is 1.50. The van der Waals surface area contributed by atoms with Gasteiger partial charge in [0.15, 0.2) is 0 Å². The van der Waals surface area contributed by atoms with Crippen LogP contribution in [0.25, 0.3) is 10.9 Å². The molecule has 2 heterocycles. The molecule has 3 rings (SSSR count). The molecule has 0 aliphatic carbocycles. The van der Waals surface area contributed by atoms with Crippen LogP contribution < -0.4 is 10.6 Å². The molecule has 6 nitrogen and oxygen atoms in total. The first-order valence-corrected chi connectivity index (χ1v) is 8.19.